The zero-order valence-electron chi connectivity index (χ0n) is 9.50. The van der Waals surface area contributed by atoms with E-state index in [-0.39, 0.29) is 0 Å². The van der Waals surface area contributed by atoms with Crippen LogP contribution in [0.15, 0.2) is 12.2 Å². The van der Waals surface area contributed by atoms with Crippen molar-refractivity contribution in [2.75, 3.05) is 0 Å². The van der Waals surface area contributed by atoms with Crippen molar-refractivity contribution in [3.05, 3.63) is 12.2 Å². The lowest BCUT2D eigenvalue weighted by Gasteiger charge is -2.21. The first-order valence-corrected chi connectivity index (χ1v) is 6.11. The van der Waals surface area contributed by atoms with Gasteiger partial charge in [0.05, 0.1) is 0 Å². The molecule has 0 heterocycles. The topological polar surface area (TPSA) is 37.3 Å². The number of carboxylic acid groups (broad SMARTS) is 1. The number of aliphatic carboxylic acids is 1. The molecule has 0 unspecified atom stereocenters. The van der Waals surface area contributed by atoms with E-state index in [1.807, 2.05) is 0 Å². The molecule has 0 atom stereocenters. The summed E-state index contributed by atoms with van der Waals surface area (Å²) < 4.78 is 0. The smallest absolute Gasteiger partial charge is 0.330 e. The highest BCUT2D eigenvalue weighted by Gasteiger charge is 2.12. The second-order valence-corrected chi connectivity index (χ2v) is 4.66. The fourth-order valence-corrected chi connectivity index (χ4v) is 2.35. The van der Waals surface area contributed by atoms with Crippen LogP contribution < -0.4 is 0 Å². The molecule has 0 aromatic rings. The molecule has 1 saturated carbocycles. The normalized spacial score (nSPS) is 17.6. The first kappa shape index (κ1) is 12.3. The zero-order valence-corrected chi connectivity index (χ0v) is 9.50. The summed E-state index contributed by atoms with van der Waals surface area (Å²) in [5, 5.41) is 8.63. The van der Waals surface area contributed by atoms with Crippen LogP contribution in [0.4, 0.5) is 0 Å². The Labute approximate surface area is 92.4 Å². The maximum atomic E-state index is 10.5. The van der Waals surface area contributed by atoms with Gasteiger partial charge in [0.2, 0.25) is 0 Å². The van der Waals surface area contributed by atoms with Gasteiger partial charge in [-0.3, -0.25) is 0 Å². The van der Waals surface area contributed by atoms with Crippen LogP contribution >= 0.6 is 0 Å². The second kappa shape index (κ2) is 6.65. The summed E-state index contributed by atoms with van der Waals surface area (Å²) in [5.74, 6) is 0.0736. The van der Waals surface area contributed by atoms with Gasteiger partial charge in [-0.15, -0.1) is 0 Å². The molecule has 1 N–H and O–H groups in total. The van der Waals surface area contributed by atoms with Crippen molar-refractivity contribution in [2.24, 2.45) is 5.92 Å². The minimum atomic E-state index is -0.840. The summed E-state index contributed by atoms with van der Waals surface area (Å²) in [4.78, 5) is 10.5. The van der Waals surface area contributed by atoms with E-state index in [1.165, 1.54) is 38.5 Å². The summed E-state index contributed by atoms with van der Waals surface area (Å²) in [6.45, 7) is 3.54. The summed E-state index contributed by atoms with van der Waals surface area (Å²) in [6.07, 6.45) is 11.1. The van der Waals surface area contributed by atoms with Crippen molar-refractivity contribution < 1.29 is 9.90 Å². The standard InChI is InChI=1S/C13H22O2/c1-11(13(14)15)7-5-6-10-12-8-3-2-4-9-12/h12H,1-10H2,(H,14,15). The molecule has 0 saturated heterocycles. The summed E-state index contributed by atoms with van der Waals surface area (Å²) in [6, 6.07) is 0. The molecule has 0 aromatic heterocycles. The van der Waals surface area contributed by atoms with Crippen LogP contribution in [-0.4, -0.2) is 11.1 Å². The lowest BCUT2D eigenvalue weighted by molar-refractivity contribution is -0.132. The van der Waals surface area contributed by atoms with E-state index in [4.69, 9.17) is 5.11 Å². The van der Waals surface area contributed by atoms with Crippen LogP contribution in [0, 0.1) is 5.92 Å². The van der Waals surface area contributed by atoms with Crippen LogP contribution in [0.5, 0.6) is 0 Å². The molecule has 2 nitrogen and oxygen atoms in total. The maximum absolute atomic E-state index is 10.5. The van der Waals surface area contributed by atoms with E-state index in [1.54, 1.807) is 0 Å². The molecule has 86 valence electrons. The van der Waals surface area contributed by atoms with Crippen molar-refractivity contribution in [3.8, 4) is 0 Å². The molecule has 0 amide bonds. The van der Waals surface area contributed by atoms with Crippen LogP contribution in [0.3, 0.4) is 0 Å². The molecule has 1 aliphatic rings. The molecule has 0 aliphatic heterocycles. The van der Waals surface area contributed by atoms with Gasteiger partial charge in [0.25, 0.3) is 0 Å². The summed E-state index contributed by atoms with van der Waals surface area (Å²) in [5.41, 5.74) is 0.360. The molecular formula is C13H22O2. The summed E-state index contributed by atoms with van der Waals surface area (Å²) in [7, 11) is 0. The number of hydrogen-bond donors (Lipinski definition) is 1. The van der Waals surface area contributed by atoms with Gasteiger partial charge in [0.15, 0.2) is 0 Å². The highest BCUT2D eigenvalue weighted by Crippen LogP contribution is 2.28. The third-order valence-electron chi connectivity index (χ3n) is 3.37. The second-order valence-electron chi connectivity index (χ2n) is 4.66. The molecule has 0 aromatic carbocycles. The van der Waals surface area contributed by atoms with Crippen LogP contribution in [0.2, 0.25) is 0 Å². The minimum absolute atomic E-state index is 0.360. The molecule has 0 spiro atoms. The van der Waals surface area contributed by atoms with Gasteiger partial charge in [-0.1, -0.05) is 51.5 Å². The quantitative estimate of drug-likeness (QED) is 0.535. The van der Waals surface area contributed by atoms with Gasteiger partial charge < -0.3 is 5.11 Å². The Morgan fingerprint density at radius 3 is 2.47 bits per heavy atom. The van der Waals surface area contributed by atoms with Gasteiger partial charge in [-0.25, -0.2) is 4.79 Å². The first-order valence-electron chi connectivity index (χ1n) is 6.11. The Bertz CT molecular complexity index is 215. The Morgan fingerprint density at radius 1 is 1.20 bits per heavy atom. The molecular weight excluding hydrogens is 188 g/mol. The van der Waals surface area contributed by atoms with Gasteiger partial charge in [0.1, 0.15) is 0 Å². The van der Waals surface area contributed by atoms with Crippen molar-refractivity contribution in [1.82, 2.24) is 0 Å². The van der Waals surface area contributed by atoms with E-state index in [9.17, 15) is 4.79 Å². The van der Waals surface area contributed by atoms with Crippen LogP contribution in [0.1, 0.15) is 57.8 Å². The van der Waals surface area contributed by atoms with Gasteiger partial charge in [0, 0.05) is 5.57 Å². The average molecular weight is 210 g/mol. The highest BCUT2D eigenvalue weighted by atomic mass is 16.4. The van der Waals surface area contributed by atoms with Gasteiger partial charge >= 0.3 is 5.97 Å². The highest BCUT2D eigenvalue weighted by molar-refractivity contribution is 5.85. The predicted octanol–water partition coefficient (Wildman–Crippen LogP) is 3.77. The molecule has 15 heavy (non-hydrogen) atoms. The van der Waals surface area contributed by atoms with E-state index in [2.05, 4.69) is 6.58 Å². The zero-order chi connectivity index (χ0) is 11.1. The first-order chi connectivity index (χ1) is 7.20. The van der Waals surface area contributed by atoms with E-state index < -0.39 is 5.97 Å². The van der Waals surface area contributed by atoms with Crippen molar-refractivity contribution in [2.45, 2.75) is 57.8 Å². The molecule has 1 rings (SSSR count). The largest absolute Gasteiger partial charge is 0.478 e. The van der Waals surface area contributed by atoms with Crippen LogP contribution in [0.25, 0.3) is 0 Å². The Hall–Kier alpha value is -0.790. The SMILES string of the molecule is C=C(CCCCC1CCCCC1)C(=O)O. The van der Waals surface area contributed by atoms with Crippen molar-refractivity contribution in [1.29, 1.82) is 0 Å². The third-order valence-corrected chi connectivity index (χ3v) is 3.37. The minimum Gasteiger partial charge on any atom is -0.478 e. The number of carbonyl (C=O) groups is 1. The van der Waals surface area contributed by atoms with E-state index in [0.29, 0.717) is 12.0 Å². The molecule has 0 radical (unpaired) electrons. The molecule has 0 bridgehead atoms. The number of unbranched alkanes of at least 4 members (excludes halogenated alkanes) is 1. The number of carboxylic acids is 1. The number of hydrogen-bond acceptors (Lipinski definition) is 1. The van der Waals surface area contributed by atoms with Crippen molar-refractivity contribution >= 4 is 5.97 Å². The van der Waals surface area contributed by atoms with Gasteiger partial charge in [-0.05, 0) is 18.8 Å². The van der Waals surface area contributed by atoms with Crippen molar-refractivity contribution in [3.63, 3.8) is 0 Å². The van der Waals surface area contributed by atoms with Gasteiger partial charge in [-0.2, -0.15) is 0 Å². The maximum Gasteiger partial charge on any atom is 0.330 e. The van der Waals surface area contributed by atoms with Crippen LogP contribution in [-0.2, 0) is 4.79 Å². The van der Waals surface area contributed by atoms with E-state index >= 15 is 0 Å². The molecule has 1 fully saturated rings. The fraction of sp³-hybridized carbons (Fsp3) is 0.769. The van der Waals surface area contributed by atoms with E-state index in [0.717, 1.165) is 18.8 Å². The monoisotopic (exact) mass is 210 g/mol. The molecule has 1 aliphatic carbocycles. The number of rotatable bonds is 6. The summed E-state index contributed by atoms with van der Waals surface area (Å²) >= 11 is 0. The lowest BCUT2D eigenvalue weighted by Crippen LogP contribution is -2.06. The Balaban J connectivity index is 2.01. The Morgan fingerprint density at radius 2 is 1.87 bits per heavy atom. The Kier molecular flexibility index (Phi) is 5.44. The third kappa shape index (κ3) is 5.01. The molecule has 2 heteroatoms. The average Bonchev–Trinajstić information content (AvgIpc) is 2.25. The fourth-order valence-electron chi connectivity index (χ4n) is 2.35. The predicted molar refractivity (Wildman–Crippen MR) is 61.8 cm³/mol. The lowest BCUT2D eigenvalue weighted by atomic mass is 9.85.